The summed E-state index contributed by atoms with van der Waals surface area (Å²) < 4.78 is 0. The standard InChI is InChI=1S/C16H28N4O/c1-5-8-17-15-12(4)16(19-14(18-15)11(2)3)20(9-10-21)13-6-7-13/h11,13,21H,5-10H2,1-4H3,(H,17,18,19). The molecule has 0 aliphatic heterocycles. The van der Waals surface area contributed by atoms with Crippen LogP contribution in [0, 0.1) is 6.92 Å². The van der Waals surface area contributed by atoms with Crippen LogP contribution < -0.4 is 10.2 Å². The smallest absolute Gasteiger partial charge is 0.137 e. The second-order valence-electron chi connectivity index (χ2n) is 6.11. The van der Waals surface area contributed by atoms with E-state index in [1.807, 2.05) is 0 Å². The maximum atomic E-state index is 9.35. The first-order valence-electron chi connectivity index (χ1n) is 8.08. The largest absolute Gasteiger partial charge is 0.395 e. The molecule has 0 unspecified atom stereocenters. The van der Waals surface area contributed by atoms with Crippen molar-refractivity contribution in [3.63, 3.8) is 0 Å². The molecule has 5 heteroatoms. The summed E-state index contributed by atoms with van der Waals surface area (Å²) in [7, 11) is 0. The van der Waals surface area contributed by atoms with Crippen molar-refractivity contribution in [3.8, 4) is 0 Å². The molecule has 118 valence electrons. The number of aromatic nitrogens is 2. The SMILES string of the molecule is CCCNc1nc(C(C)C)nc(N(CCO)C2CC2)c1C. The second-order valence-corrected chi connectivity index (χ2v) is 6.11. The highest BCUT2D eigenvalue weighted by molar-refractivity contribution is 5.60. The Morgan fingerprint density at radius 2 is 2.05 bits per heavy atom. The Bertz CT molecular complexity index is 472. The molecular weight excluding hydrogens is 264 g/mol. The molecule has 1 aromatic heterocycles. The summed E-state index contributed by atoms with van der Waals surface area (Å²) >= 11 is 0. The highest BCUT2D eigenvalue weighted by Crippen LogP contribution is 2.34. The van der Waals surface area contributed by atoms with Gasteiger partial charge in [0.1, 0.15) is 17.5 Å². The number of aliphatic hydroxyl groups is 1. The van der Waals surface area contributed by atoms with E-state index in [4.69, 9.17) is 4.98 Å². The number of nitrogens with zero attached hydrogens (tertiary/aromatic N) is 3. The van der Waals surface area contributed by atoms with Crippen LogP contribution in [0.1, 0.15) is 57.3 Å². The number of hydrogen-bond donors (Lipinski definition) is 2. The van der Waals surface area contributed by atoms with Crippen molar-refractivity contribution < 1.29 is 5.11 Å². The molecule has 0 bridgehead atoms. The van der Waals surface area contributed by atoms with Gasteiger partial charge in [-0.1, -0.05) is 20.8 Å². The van der Waals surface area contributed by atoms with Crippen LogP contribution in [0.2, 0.25) is 0 Å². The fourth-order valence-electron chi connectivity index (χ4n) is 2.43. The predicted octanol–water partition coefficient (Wildman–Crippen LogP) is 2.69. The van der Waals surface area contributed by atoms with Crippen LogP contribution in [-0.2, 0) is 0 Å². The van der Waals surface area contributed by atoms with Crippen LogP contribution in [0.4, 0.5) is 11.6 Å². The molecule has 1 aliphatic rings. The lowest BCUT2D eigenvalue weighted by Gasteiger charge is -2.26. The van der Waals surface area contributed by atoms with E-state index in [2.05, 4.69) is 42.9 Å². The zero-order chi connectivity index (χ0) is 15.4. The van der Waals surface area contributed by atoms with Gasteiger partial charge in [0.2, 0.25) is 0 Å². The number of hydrogen-bond acceptors (Lipinski definition) is 5. The normalized spacial score (nSPS) is 14.6. The van der Waals surface area contributed by atoms with Crippen molar-refractivity contribution in [1.29, 1.82) is 0 Å². The molecule has 5 nitrogen and oxygen atoms in total. The molecule has 0 atom stereocenters. The van der Waals surface area contributed by atoms with Crippen molar-refractivity contribution in [2.75, 3.05) is 29.9 Å². The van der Waals surface area contributed by atoms with Crippen LogP contribution in [-0.4, -0.2) is 40.8 Å². The van der Waals surface area contributed by atoms with E-state index in [1.54, 1.807) is 0 Å². The van der Waals surface area contributed by atoms with Crippen molar-refractivity contribution >= 4 is 11.6 Å². The third-order valence-electron chi connectivity index (χ3n) is 3.80. The molecule has 1 aromatic rings. The molecule has 0 aromatic carbocycles. The van der Waals surface area contributed by atoms with Crippen molar-refractivity contribution in [1.82, 2.24) is 9.97 Å². The van der Waals surface area contributed by atoms with Gasteiger partial charge in [-0.25, -0.2) is 9.97 Å². The molecule has 0 spiro atoms. The van der Waals surface area contributed by atoms with Crippen LogP contribution in [0.15, 0.2) is 0 Å². The first kappa shape index (κ1) is 16.0. The Balaban J connectivity index is 2.38. The van der Waals surface area contributed by atoms with E-state index in [9.17, 15) is 5.11 Å². The molecule has 0 radical (unpaired) electrons. The molecule has 2 rings (SSSR count). The van der Waals surface area contributed by atoms with E-state index in [0.29, 0.717) is 18.5 Å². The van der Waals surface area contributed by atoms with Gasteiger partial charge in [0.05, 0.1) is 6.61 Å². The number of nitrogens with one attached hydrogen (secondary N) is 1. The summed E-state index contributed by atoms with van der Waals surface area (Å²) in [6, 6.07) is 0.532. The van der Waals surface area contributed by atoms with Gasteiger partial charge in [-0.3, -0.25) is 0 Å². The number of anilines is 2. The van der Waals surface area contributed by atoms with Crippen molar-refractivity contribution in [3.05, 3.63) is 11.4 Å². The lowest BCUT2D eigenvalue weighted by atomic mass is 10.2. The van der Waals surface area contributed by atoms with Gasteiger partial charge in [-0.05, 0) is 26.2 Å². The molecule has 0 saturated heterocycles. The molecule has 1 saturated carbocycles. The summed E-state index contributed by atoms with van der Waals surface area (Å²) in [5.74, 6) is 3.09. The molecule has 1 heterocycles. The van der Waals surface area contributed by atoms with E-state index in [0.717, 1.165) is 36.0 Å². The fraction of sp³-hybridized carbons (Fsp3) is 0.750. The summed E-state index contributed by atoms with van der Waals surface area (Å²) in [4.78, 5) is 11.7. The van der Waals surface area contributed by atoms with Gasteiger partial charge in [0.25, 0.3) is 0 Å². The van der Waals surface area contributed by atoms with Gasteiger partial charge in [-0.15, -0.1) is 0 Å². The molecule has 2 N–H and O–H groups in total. The third kappa shape index (κ3) is 3.84. The average molecular weight is 292 g/mol. The first-order chi connectivity index (χ1) is 10.1. The molecule has 21 heavy (non-hydrogen) atoms. The minimum absolute atomic E-state index is 0.161. The summed E-state index contributed by atoms with van der Waals surface area (Å²) in [5, 5.41) is 12.8. The molecule has 1 fully saturated rings. The Morgan fingerprint density at radius 3 is 2.57 bits per heavy atom. The minimum Gasteiger partial charge on any atom is -0.395 e. The van der Waals surface area contributed by atoms with E-state index in [-0.39, 0.29) is 6.61 Å². The Hall–Kier alpha value is -1.36. The van der Waals surface area contributed by atoms with E-state index >= 15 is 0 Å². The Kier molecular flexibility index (Phi) is 5.39. The summed E-state index contributed by atoms with van der Waals surface area (Å²) in [5.41, 5.74) is 1.09. The van der Waals surface area contributed by atoms with Gasteiger partial charge in [-0.2, -0.15) is 0 Å². The second kappa shape index (κ2) is 7.07. The minimum atomic E-state index is 0.161. The molecule has 1 aliphatic carbocycles. The van der Waals surface area contributed by atoms with Gasteiger partial charge in [0.15, 0.2) is 0 Å². The van der Waals surface area contributed by atoms with Gasteiger partial charge in [0, 0.05) is 30.6 Å². The number of aliphatic hydroxyl groups excluding tert-OH is 1. The zero-order valence-electron chi connectivity index (χ0n) is 13.7. The Labute approximate surface area is 127 Å². The van der Waals surface area contributed by atoms with Crippen LogP contribution in [0.25, 0.3) is 0 Å². The number of rotatable bonds is 8. The van der Waals surface area contributed by atoms with Crippen LogP contribution >= 0.6 is 0 Å². The van der Waals surface area contributed by atoms with E-state index in [1.165, 1.54) is 12.8 Å². The maximum Gasteiger partial charge on any atom is 0.137 e. The highest BCUT2D eigenvalue weighted by Gasteiger charge is 2.31. The van der Waals surface area contributed by atoms with Crippen LogP contribution in [0.3, 0.4) is 0 Å². The topological polar surface area (TPSA) is 61.3 Å². The fourth-order valence-corrected chi connectivity index (χ4v) is 2.43. The highest BCUT2D eigenvalue weighted by atomic mass is 16.3. The van der Waals surface area contributed by atoms with Gasteiger partial charge < -0.3 is 15.3 Å². The van der Waals surface area contributed by atoms with E-state index < -0.39 is 0 Å². The lowest BCUT2D eigenvalue weighted by molar-refractivity contribution is 0.301. The molecule has 0 amide bonds. The monoisotopic (exact) mass is 292 g/mol. The first-order valence-corrected chi connectivity index (χ1v) is 8.08. The molecular formula is C16H28N4O. The quantitative estimate of drug-likeness (QED) is 0.771. The summed E-state index contributed by atoms with van der Waals surface area (Å²) in [6.45, 7) is 10.2. The third-order valence-corrected chi connectivity index (χ3v) is 3.80. The average Bonchev–Trinajstić information content (AvgIpc) is 3.28. The maximum absolute atomic E-state index is 9.35. The van der Waals surface area contributed by atoms with Crippen molar-refractivity contribution in [2.24, 2.45) is 0 Å². The van der Waals surface area contributed by atoms with Gasteiger partial charge >= 0.3 is 0 Å². The van der Waals surface area contributed by atoms with Crippen LogP contribution in [0.5, 0.6) is 0 Å². The van der Waals surface area contributed by atoms with Crippen molar-refractivity contribution in [2.45, 2.75) is 58.9 Å². The predicted molar refractivity (Wildman–Crippen MR) is 87.1 cm³/mol. The zero-order valence-corrected chi connectivity index (χ0v) is 13.7. The lowest BCUT2D eigenvalue weighted by Crippen LogP contribution is -2.31. The Morgan fingerprint density at radius 1 is 1.33 bits per heavy atom. The summed E-state index contributed by atoms with van der Waals surface area (Å²) in [6.07, 6.45) is 3.45.